The van der Waals surface area contributed by atoms with E-state index in [1.165, 1.54) is 0 Å². The van der Waals surface area contributed by atoms with Crippen molar-refractivity contribution in [1.29, 1.82) is 0 Å². The van der Waals surface area contributed by atoms with E-state index in [9.17, 15) is 8.42 Å². The van der Waals surface area contributed by atoms with Crippen molar-refractivity contribution in [2.24, 2.45) is 5.92 Å². The molecule has 0 N–H and O–H groups in total. The van der Waals surface area contributed by atoms with Crippen molar-refractivity contribution < 1.29 is 13.2 Å². The molecule has 0 radical (unpaired) electrons. The monoisotopic (exact) mass is 310 g/mol. The number of piperidine rings is 1. The van der Waals surface area contributed by atoms with E-state index in [1.54, 1.807) is 15.7 Å². The second-order valence-electron chi connectivity index (χ2n) is 5.36. The van der Waals surface area contributed by atoms with Gasteiger partial charge in [0.15, 0.2) is 0 Å². The first-order valence-electron chi connectivity index (χ1n) is 6.91. The summed E-state index contributed by atoms with van der Waals surface area (Å²) in [7, 11) is -1.75. The first-order valence-corrected chi connectivity index (χ1v) is 8.84. The fourth-order valence-electron chi connectivity index (χ4n) is 2.54. The lowest BCUT2D eigenvalue weighted by Gasteiger charge is -2.35. The molecule has 1 aliphatic heterocycles. The number of hydrogen-bond acceptors (Lipinski definition) is 3. The molecule has 5 nitrogen and oxygen atoms in total. The number of ether oxygens (including phenoxy) is 1. The molecule has 0 amide bonds. The van der Waals surface area contributed by atoms with Gasteiger partial charge in [-0.25, -0.2) is 0 Å². The lowest BCUT2D eigenvalue weighted by molar-refractivity contribution is 0.171. The highest BCUT2D eigenvalue weighted by molar-refractivity contribution is 7.86. The number of rotatable bonds is 7. The van der Waals surface area contributed by atoms with E-state index in [4.69, 9.17) is 16.3 Å². The third-order valence-corrected chi connectivity index (χ3v) is 6.29. The summed E-state index contributed by atoms with van der Waals surface area (Å²) < 4.78 is 33.6. The van der Waals surface area contributed by atoms with E-state index in [1.807, 2.05) is 0 Å². The molecule has 2 aliphatic rings. The highest BCUT2D eigenvalue weighted by Crippen LogP contribution is 2.31. The maximum Gasteiger partial charge on any atom is 0.282 e. The lowest BCUT2D eigenvalue weighted by Crippen LogP contribution is -2.49. The summed E-state index contributed by atoms with van der Waals surface area (Å²) >= 11 is 5.88. The van der Waals surface area contributed by atoms with E-state index in [0.29, 0.717) is 32.1 Å². The summed E-state index contributed by atoms with van der Waals surface area (Å²) in [5, 5.41) is 0. The highest BCUT2D eigenvalue weighted by Gasteiger charge is 2.41. The van der Waals surface area contributed by atoms with E-state index < -0.39 is 10.2 Å². The molecule has 7 heteroatoms. The zero-order chi connectivity index (χ0) is 13.9. The third kappa shape index (κ3) is 3.82. The Morgan fingerprint density at radius 1 is 1.37 bits per heavy atom. The van der Waals surface area contributed by atoms with Crippen molar-refractivity contribution in [2.45, 2.75) is 31.7 Å². The molecule has 112 valence electrons. The summed E-state index contributed by atoms with van der Waals surface area (Å²) in [6, 6.07) is 0.177. The van der Waals surface area contributed by atoms with Gasteiger partial charge in [0.05, 0.1) is 6.61 Å². The van der Waals surface area contributed by atoms with E-state index in [0.717, 1.165) is 25.7 Å². The van der Waals surface area contributed by atoms with Crippen LogP contribution in [-0.2, 0) is 14.9 Å². The predicted molar refractivity (Wildman–Crippen MR) is 75.5 cm³/mol. The topological polar surface area (TPSA) is 49.9 Å². The minimum Gasteiger partial charge on any atom is -0.383 e. The second kappa shape index (κ2) is 6.72. The van der Waals surface area contributed by atoms with Gasteiger partial charge in [0, 0.05) is 38.7 Å². The molecular weight excluding hydrogens is 288 g/mol. The average Bonchev–Trinajstić information content (AvgIpc) is 3.23. The maximum absolute atomic E-state index is 12.7. The van der Waals surface area contributed by atoms with E-state index in [-0.39, 0.29) is 12.0 Å². The number of halogens is 1. The Morgan fingerprint density at radius 2 is 2.11 bits per heavy atom. The third-order valence-electron chi connectivity index (χ3n) is 3.79. The van der Waals surface area contributed by atoms with Crippen molar-refractivity contribution in [3.8, 4) is 0 Å². The molecule has 0 bridgehead atoms. The van der Waals surface area contributed by atoms with Crippen LogP contribution in [0.4, 0.5) is 0 Å². The number of methoxy groups -OCH3 is 1. The molecule has 1 heterocycles. The lowest BCUT2D eigenvalue weighted by atomic mass is 10.0. The first kappa shape index (κ1) is 15.5. The SMILES string of the molecule is COCCN(C1CC1)S(=O)(=O)N1CCCC(CCl)C1. The summed E-state index contributed by atoms with van der Waals surface area (Å²) in [6.45, 7) is 2.07. The molecule has 2 rings (SSSR count). The molecule has 1 atom stereocenters. The second-order valence-corrected chi connectivity index (χ2v) is 7.55. The van der Waals surface area contributed by atoms with Crippen LogP contribution in [0.2, 0.25) is 0 Å². The smallest absolute Gasteiger partial charge is 0.282 e. The Hall–Kier alpha value is 0.120. The highest BCUT2D eigenvalue weighted by atomic mass is 35.5. The van der Waals surface area contributed by atoms with Gasteiger partial charge in [0.1, 0.15) is 0 Å². The molecule has 2 fully saturated rings. The number of hydrogen-bond donors (Lipinski definition) is 0. The van der Waals surface area contributed by atoms with Gasteiger partial charge in [-0.05, 0) is 31.6 Å². The van der Waals surface area contributed by atoms with Gasteiger partial charge in [-0.2, -0.15) is 17.0 Å². The minimum absolute atomic E-state index is 0.177. The van der Waals surface area contributed by atoms with Gasteiger partial charge >= 0.3 is 0 Å². The van der Waals surface area contributed by atoms with Gasteiger partial charge in [0.2, 0.25) is 0 Å². The Kier molecular flexibility index (Phi) is 5.48. The van der Waals surface area contributed by atoms with Gasteiger partial charge in [-0.15, -0.1) is 11.6 Å². The average molecular weight is 311 g/mol. The standard InChI is InChI=1S/C12H23ClN2O3S/c1-18-8-7-15(12-4-5-12)19(16,17)14-6-2-3-11(9-13)10-14/h11-12H,2-10H2,1H3. The molecule has 0 spiro atoms. The zero-order valence-electron chi connectivity index (χ0n) is 11.4. The zero-order valence-corrected chi connectivity index (χ0v) is 13.0. The number of alkyl halides is 1. The Morgan fingerprint density at radius 3 is 2.68 bits per heavy atom. The molecule has 19 heavy (non-hydrogen) atoms. The Balaban J connectivity index is 2.05. The minimum atomic E-state index is -3.35. The van der Waals surface area contributed by atoms with Gasteiger partial charge in [-0.3, -0.25) is 0 Å². The van der Waals surface area contributed by atoms with Gasteiger partial charge < -0.3 is 4.74 Å². The fraction of sp³-hybridized carbons (Fsp3) is 1.00. The van der Waals surface area contributed by atoms with E-state index >= 15 is 0 Å². The van der Waals surface area contributed by atoms with Crippen LogP contribution < -0.4 is 0 Å². The Labute approximate surface area is 121 Å². The van der Waals surface area contributed by atoms with Crippen molar-refractivity contribution >= 4 is 21.8 Å². The van der Waals surface area contributed by atoms with Crippen LogP contribution in [0.15, 0.2) is 0 Å². The van der Waals surface area contributed by atoms with Crippen LogP contribution in [0.25, 0.3) is 0 Å². The van der Waals surface area contributed by atoms with Crippen molar-refractivity contribution in [3.63, 3.8) is 0 Å². The quantitative estimate of drug-likeness (QED) is 0.666. The van der Waals surface area contributed by atoms with E-state index in [2.05, 4.69) is 0 Å². The summed E-state index contributed by atoms with van der Waals surface area (Å²) in [6.07, 6.45) is 3.86. The molecule has 1 saturated heterocycles. The summed E-state index contributed by atoms with van der Waals surface area (Å²) in [5.74, 6) is 0.821. The molecule has 1 aliphatic carbocycles. The maximum atomic E-state index is 12.7. The largest absolute Gasteiger partial charge is 0.383 e. The van der Waals surface area contributed by atoms with Crippen LogP contribution in [0.3, 0.4) is 0 Å². The number of nitrogens with zero attached hydrogens (tertiary/aromatic N) is 2. The molecular formula is C12H23ClN2O3S. The van der Waals surface area contributed by atoms with Crippen molar-refractivity contribution in [3.05, 3.63) is 0 Å². The fourth-order valence-corrected chi connectivity index (χ4v) is 4.74. The van der Waals surface area contributed by atoms with Crippen LogP contribution in [0, 0.1) is 5.92 Å². The first-order chi connectivity index (χ1) is 9.09. The van der Waals surface area contributed by atoms with Crippen molar-refractivity contribution in [2.75, 3.05) is 39.2 Å². The van der Waals surface area contributed by atoms with Crippen molar-refractivity contribution in [1.82, 2.24) is 8.61 Å². The normalized spacial score (nSPS) is 25.9. The van der Waals surface area contributed by atoms with Crippen LogP contribution >= 0.6 is 11.6 Å². The summed E-state index contributed by atoms with van der Waals surface area (Å²) in [4.78, 5) is 0. The Bertz CT molecular complexity index is 386. The summed E-state index contributed by atoms with van der Waals surface area (Å²) in [5.41, 5.74) is 0. The van der Waals surface area contributed by atoms with Gasteiger partial charge in [-0.1, -0.05) is 0 Å². The molecule has 0 aromatic rings. The molecule has 1 saturated carbocycles. The molecule has 1 unspecified atom stereocenters. The predicted octanol–water partition coefficient (Wildman–Crippen LogP) is 1.29. The van der Waals surface area contributed by atoms with Gasteiger partial charge in [0.25, 0.3) is 10.2 Å². The van der Waals surface area contributed by atoms with Crippen LogP contribution in [-0.4, -0.2) is 62.3 Å². The van der Waals surface area contributed by atoms with Crippen LogP contribution in [0.5, 0.6) is 0 Å². The molecule has 0 aromatic carbocycles. The van der Waals surface area contributed by atoms with Crippen LogP contribution in [0.1, 0.15) is 25.7 Å². The molecule has 0 aromatic heterocycles.